The summed E-state index contributed by atoms with van der Waals surface area (Å²) in [5, 5.41) is 14.1. The molecule has 17 heavy (non-hydrogen) atoms. The maximum absolute atomic E-state index is 9.46. The normalized spacial score (nSPS) is 11.8. The van der Waals surface area contributed by atoms with Gasteiger partial charge in [0.05, 0.1) is 6.61 Å². The van der Waals surface area contributed by atoms with Crippen LogP contribution in [0.3, 0.4) is 0 Å². The molecule has 2 nitrogen and oxygen atoms in total. The SMILES string of the molecule is CCC(CC)(CO)NCc1c(Cl)cccc1Cl. The van der Waals surface area contributed by atoms with Gasteiger partial charge in [-0.15, -0.1) is 0 Å². The molecule has 0 spiro atoms. The van der Waals surface area contributed by atoms with Gasteiger partial charge >= 0.3 is 0 Å². The number of nitrogens with one attached hydrogen (secondary N) is 1. The van der Waals surface area contributed by atoms with Gasteiger partial charge in [0.15, 0.2) is 0 Å². The molecule has 0 heterocycles. The Morgan fingerprint density at radius 3 is 2.12 bits per heavy atom. The van der Waals surface area contributed by atoms with Gasteiger partial charge in [-0.05, 0) is 25.0 Å². The minimum Gasteiger partial charge on any atom is -0.394 e. The molecule has 0 saturated heterocycles. The largest absolute Gasteiger partial charge is 0.394 e. The molecule has 0 unspecified atom stereocenters. The van der Waals surface area contributed by atoms with Crippen molar-refractivity contribution in [1.29, 1.82) is 0 Å². The van der Waals surface area contributed by atoms with E-state index in [1.165, 1.54) is 0 Å². The highest BCUT2D eigenvalue weighted by molar-refractivity contribution is 6.35. The number of aliphatic hydroxyl groups is 1. The quantitative estimate of drug-likeness (QED) is 0.831. The predicted molar refractivity (Wildman–Crippen MR) is 73.7 cm³/mol. The molecule has 0 amide bonds. The summed E-state index contributed by atoms with van der Waals surface area (Å²) in [5.74, 6) is 0. The van der Waals surface area contributed by atoms with Crippen LogP contribution in [0.4, 0.5) is 0 Å². The molecule has 1 rings (SSSR count). The molecule has 0 saturated carbocycles. The maximum Gasteiger partial charge on any atom is 0.0613 e. The standard InChI is InChI=1S/C13H19Cl2NO/c1-3-13(4-2,9-17)16-8-10-11(14)6-5-7-12(10)15/h5-7,16-17H,3-4,8-9H2,1-2H3. The summed E-state index contributed by atoms with van der Waals surface area (Å²) in [6.45, 7) is 4.80. The first-order valence-electron chi connectivity index (χ1n) is 5.87. The average molecular weight is 276 g/mol. The fourth-order valence-electron chi connectivity index (χ4n) is 1.76. The van der Waals surface area contributed by atoms with Gasteiger partial charge in [-0.2, -0.15) is 0 Å². The van der Waals surface area contributed by atoms with E-state index in [9.17, 15) is 5.11 Å². The van der Waals surface area contributed by atoms with Crippen molar-refractivity contribution in [1.82, 2.24) is 5.32 Å². The Bertz CT molecular complexity index is 336. The third kappa shape index (κ3) is 3.59. The Hall–Kier alpha value is -0.280. The lowest BCUT2D eigenvalue weighted by Crippen LogP contribution is -2.47. The summed E-state index contributed by atoms with van der Waals surface area (Å²) in [4.78, 5) is 0. The first-order valence-corrected chi connectivity index (χ1v) is 6.63. The highest BCUT2D eigenvalue weighted by Gasteiger charge is 2.24. The Morgan fingerprint density at radius 1 is 1.18 bits per heavy atom. The molecule has 0 aliphatic heterocycles. The Labute approximate surface area is 113 Å². The van der Waals surface area contributed by atoms with E-state index in [1.54, 1.807) is 0 Å². The van der Waals surface area contributed by atoms with Crippen LogP contribution in [-0.4, -0.2) is 17.3 Å². The van der Waals surface area contributed by atoms with E-state index < -0.39 is 0 Å². The molecule has 0 fully saturated rings. The molecule has 1 aromatic carbocycles. The summed E-state index contributed by atoms with van der Waals surface area (Å²) in [7, 11) is 0. The lowest BCUT2D eigenvalue weighted by atomic mass is 9.93. The highest BCUT2D eigenvalue weighted by atomic mass is 35.5. The summed E-state index contributed by atoms with van der Waals surface area (Å²) in [5.41, 5.74) is 0.637. The van der Waals surface area contributed by atoms with Gasteiger partial charge < -0.3 is 10.4 Å². The van der Waals surface area contributed by atoms with Crippen LogP contribution in [0, 0.1) is 0 Å². The van der Waals surface area contributed by atoms with Crippen LogP contribution in [0.2, 0.25) is 10.0 Å². The second kappa shape index (κ2) is 6.60. The second-order valence-corrected chi connectivity index (χ2v) is 5.01. The van der Waals surface area contributed by atoms with Gasteiger partial charge in [-0.3, -0.25) is 0 Å². The number of halogens is 2. The van der Waals surface area contributed by atoms with E-state index in [2.05, 4.69) is 19.2 Å². The average Bonchev–Trinajstić information content (AvgIpc) is 2.34. The summed E-state index contributed by atoms with van der Waals surface area (Å²) in [6.07, 6.45) is 1.73. The zero-order chi connectivity index (χ0) is 12.9. The van der Waals surface area contributed by atoms with E-state index in [0.29, 0.717) is 16.6 Å². The van der Waals surface area contributed by atoms with E-state index in [1.807, 2.05) is 18.2 Å². The van der Waals surface area contributed by atoms with Gasteiger partial charge in [0, 0.05) is 27.7 Å². The molecular weight excluding hydrogens is 257 g/mol. The van der Waals surface area contributed by atoms with Crippen molar-refractivity contribution < 1.29 is 5.11 Å². The molecule has 0 aliphatic rings. The molecular formula is C13H19Cl2NO. The zero-order valence-electron chi connectivity index (χ0n) is 10.3. The highest BCUT2D eigenvalue weighted by Crippen LogP contribution is 2.25. The number of rotatable bonds is 6. The Kier molecular flexibility index (Phi) is 5.74. The zero-order valence-corrected chi connectivity index (χ0v) is 11.8. The third-order valence-corrected chi connectivity index (χ3v) is 4.07. The Balaban J connectivity index is 2.79. The topological polar surface area (TPSA) is 32.3 Å². The van der Waals surface area contributed by atoms with Gasteiger partial charge in [0.2, 0.25) is 0 Å². The molecule has 0 aromatic heterocycles. The first-order chi connectivity index (χ1) is 8.08. The number of hydrogen-bond donors (Lipinski definition) is 2. The molecule has 96 valence electrons. The summed E-state index contributed by atoms with van der Waals surface area (Å²) >= 11 is 12.2. The molecule has 2 N–H and O–H groups in total. The van der Waals surface area contributed by atoms with Crippen LogP contribution in [0.15, 0.2) is 18.2 Å². The predicted octanol–water partition coefficient (Wildman–Crippen LogP) is 3.63. The fourth-order valence-corrected chi connectivity index (χ4v) is 2.29. The van der Waals surface area contributed by atoms with Gasteiger partial charge in [-0.25, -0.2) is 0 Å². The number of aliphatic hydroxyl groups excluding tert-OH is 1. The lowest BCUT2D eigenvalue weighted by Gasteiger charge is -2.31. The van der Waals surface area contributed by atoms with E-state index in [-0.39, 0.29) is 12.1 Å². The van der Waals surface area contributed by atoms with Crippen LogP contribution < -0.4 is 5.32 Å². The van der Waals surface area contributed by atoms with Crippen LogP contribution in [0.1, 0.15) is 32.3 Å². The van der Waals surface area contributed by atoms with Crippen LogP contribution in [0.25, 0.3) is 0 Å². The van der Waals surface area contributed by atoms with Crippen LogP contribution >= 0.6 is 23.2 Å². The minimum absolute atomic E-state index is 0.113. The van der Waals surface area contributed by atoms with E-state index in [0.717, 1.165) is 18.4 Å². The molecule has 4 heteroatoms. The van der Waals surface area contributed by atoms with Crippen molar-refractivity contribution in [2.75, 3.05) is 6.61 Å². The second-order valence-electron chi connectivity index (χ2n) is 4.20. The minimum atomic E-state index is -0.248. The maximum atomic E-state index is 9.46. The van der Waals surface area contributed by atoms with Gasteiger partial charge in [0.25, 0.3) is 0 Å². The van der Waals surface area contributed by atoms with Crippen molar-refractivity contribution in [3.05, 3.63) is 33.8 Å². The lowest BCUT2D eigenvalue weighted by molar-refractivity contribution is 0.149. The van der Waals surface area contributed by atoms with Crippen LogP contribution in [0.5, 0.6) is 0 Å². The molecule has 0 bridgehead atoms. The van der Waals surface area contributed by atoms with E-state index >= 15 is 0 Å². The first kappa shape index (κ1) is 14.8. The van der Waals surface area contributed by atoms with Crippen LogP contribution in [-0.2, 0) is 6.54 Å². The smallest absolute Gasteiger partial charge is 0.0613 e. The Morgan fingerprint density at radius 2 is 1.71 bits per heavy atom. The van der Waals surface area contributed by atoms with Crippen molar-refractivity contribution >= 4 is 23.2 Å². The molecule has 1 aromatic rings. The number of hydrogen-bond acceptors (Lipinski definition) is 2. The van der Waals surface area contributed by atoms with E-state index in [4.69, 9.17) is 23.2 Å². The third-order valence-electron chi connectivity index (χ3n) is 3.36. The van der Waals surface area contributed by atoms with Gasteiger partial charge in [-0.1, -0.05) is 43.1 Å². The molecule has 0 aliphatic carbocycles. The van der Waals surface area contributed by atoms with Crippen molar-refractivity contribution in [2.45, 2.75) is 38.8 Å². The van der Waals surface area contributed by atoms with Crippen molar-refractivity contribution in [3.8, 4) is 0 Å². The molecule has 0 atom stereocenters. The molecule has 0 radical (unpaired) electrons. The van der Waals surface area contributed by atoms with Crippen molar-refractivity contribution in [2.24, 2.45) is 0 Å². The van der Waals surface area contributed by atoms with Gasteiger partial charge in [0.1, 0.15) is 0 Å². The fraction of sp³-hybridized carbons (Fsp3) is 0.538. The number of benzene rings is 1. The summed E-state index contributed by atoms with van der Waals surface area (Å²) in [6, 6.07) is 5.47. The van der Waals surface area contributed by atoms with Crippen molar-refractivity contribution in [3.63, 3.8) is 0 Å². The monoisotopic (exact) mass is 275 g/mol. The summed E-state index contributed by atoms with van der Waals surface area (Å²) < 4.78 is 0.